The number of hydrogen-bond acceptors (Lipinski definition) is 4. The predicted molar refractivity (Wildman–Crippen MR) is 44.1 cm³/mol. The Morgan fingerprint density at radius 3 is 2.83 bits per heavy atom. The number of aliphatic carboxylic acids is 1. The van der Waals surface area contributed by atoms with E-state index in [0.29, 0.717) is 11.0 Å². The van der Waals surface area contributed by atoms with Crippen LogP contribution in [0.15, 0.2) is 5.16 Å². The molecule has 1 rings (SSSR count). The van der Waals surface area contributed by atoms with Gasteiger partial charge >= 0.3 is 5.97 Å². The van der Waals surface area contributed by atoms with Gasteiger partial charge in [0.15, 0.2) is 0 Å². The molecule has 0 aliphatic heterocycles. The van der Waals surface area contributed by atoms with Gasteiger partial charge in [0.05, 0.1) is 0 Å². The maximum absolute atomic E-state index is 10.4. The van der Waals surface area contributed by atoms with E-state index in [1.54, 1.807) is 13.8 Å². The Morgan fingerprint density at radius 2 is 2.42 bits per heavy atom. The van der Waals surface area contributed by atoms with E-state index in [1.165, 1.54) is 0 Å². The predicted octanol–water partition coefficient (Wildman–Crippen LogP) is 0.678. The first-order chi connectivity index (χ1) is 5.59. The van der Waals surface area contributed by atoms with E-state index in [4.69, 9.17) is 5.11 Å². The third-order valence-electron chi connectivity index (χ3n) is 1.21. The molecule has 0 saturated heterocycles. The number of carboxylic acid groups (broad SMARTS) is 1. The van der Waals surface area contributed by atoms with Gasteiger partial charge in [0.25, 0.3) is 0 Å². The lowest BCUT2D eigenvalue weighted by Crippen LogP contribution is -2.11. The summed E-state index contributed by atoms with van der Waals surface area (Å²) in [7, 11) is 0. The lowest BCUT2D eigenvalue weighted by atomic mass is 10.5. The summed E-state index contributed by atoms with van der Waals surface area (Å²) < 4.78 is 0. The molecule has 1 unspecified atom stereocenters. The number of rotatable bonds is 3. The van der Waals surface area contributed by atoms with Gasteiger partial charge in [0.2, 0.25) is 5.16 Å². The first-order valence-electron chi connectivity index (χ1n) is 3.38. The molecule has 1 atom stereocenters. The number of aryl methyl sites for hydroxylation is 1. The molecule has 66 valence electrons. The molecule has 0 aliphatic rings. The third kappa shape index (κ3) is 2.23. The van der Waals surface area contributed by atoms with Crippen molar-refractivity contribution in [2.24, 2.45) is 0 Å². The lowest BCUT2D eigenvalue weighted by molar-refractivity contribution is -0.136. The molecule has 1 aromatic rings. The molecule has 0 amide bonds. The van der Waals surface area contributed by atoms with Crippen LogP contribution in [0.25, 0.3) is 0 Å². The highest BCUT2D eigenvalue weighted by Gasteiger charge is 2.14. The molecule has 0 spiro atoms. The van der Waals surface area contributed by atoms with E-state index in [1.807, 2.05) is 0 Å². The van der Waals surface area contributed by atoms with Crippen molar-refractivity contribution < 1.29 is 9.90 Å². The third-order valence-corrected chi connectivity index (χ3v) is 2.16. The number of aromatic amines is 1. The topological polar surface area (TPSA) is 78.9 Å². The molecule has 0 fully saturated rings. The molecule has 0 radical (unpaired) electrons. The summed E-state index contributed by atoms with van der Waals surface area (Å²) in [6.07, 6.45) is 0. The quantitative estimate of drug-likeness (QED) is 0.680. The average Bonchev–Trinajstić information content (AvgIpc) is 2.35. The first kappa shape index (κ1) is 9.05. The molecule has 1 heterocycles. The highest BCUT2D eigenvalue weighted by molar-refractivity contribution is 8.00. The Balaban J connectivity index is 2.58. The summed E-state index contributed by atoms with van der Waals surface area (Å²) in [4.78, 5) is 14.4. The van der Waals surface area contributed by atoms with Crippen LogP contribution in [0.2, 0.25) is 0 Å². The normalized spacial score (nSPS) is 12.8. The van der Waals surface area contributed by atoms with Crippen LogP contribution in [-0.4, -0.2) is 31.5 Å². The molecule has 12 heavy (non-hydrogen) atoms. The van der Waals surface area contributed by atoms with Gasteiger partial charge in [-0.1, -0.05) is 11.8 Å². The maximum atomic E-state index is 10.4. The van der Waals surface area contributed by atoms with Crippen LogP contribution < -0.4 is 0 Å². The minimum atomic E-state index is -0.859. The Bertz CT molecular complexity index is 286. The van der Waals surface area contributed by atoms with Gasteiger partial charge in [0.1, 0.15) is 11.1 Å². The zero-order chi connectivity index (χ0) is 9.14. The van der Waals surface area contributed by atoms with E-state index in [-0.39, 0.29) is 0 Å². The zero-order valence-electron chi connectivity index (χ0n) is 6.74. The van der Waals surface area contributed by atoms with Crippen molar-refractivity contribution >= 4 is 17.7 Å². The van der Waals surface area contributed by atoms with Gasteiger partial charge in [-0.3, -0.25) is 9.89 Å². The number of H-pyrrole nitrogens is 1. The monoisotopic (exact) mass is 187 g/mol. The van der Waals surface area contributed by atoms with Crippen LogP contribution >= 0.6 is 11.8 Å². The minimum absolute atomic E-state index is 0.474. The van der Waals surface area contributed by atoms with Crippen LogP contribution in [-0.2, 0) is 4.79 Å². The van der Waals surface area contributed by atoms with Gasteiger partial charge < -0.3 is 5.11 Å². The average molecular weight is 187 g/mol. The second kappa shape index (κ2) is 3.57. The van der Waals surface area contributed by atoms with Gasteiger partial charge in [-0.15, -0.1) is 5.10 Å². The fourth-order valence-corrected chi connectivity index (χ4v) is 1.29. The Hall–Kier alpha value is -1.04. The Labute approximate surface area is 73.6 Å². The largest absolute Gasteiger partial charge is 0.480 e. The summed E-state index contributed by atoms with van der Waals surface area (Å²) in [5, 5.41) is 15.0. The molecule has 0 aliphatic carbocycles. The number of carboxylic acids is 1. The standard InChI is InChI=1S/C6H9N3O2S/c1-3(5(10)11)12-6-7-4(2)8-9-6/h3H,1-2H3,(H,10,11)(H,7,8,9). The molecule has 6 heteroatoms. The summed E-state index contributed by atoms with van der Waals surface area (Å²) in [5.41, 5.74) is 0. The smallest absolute Gasteiger partial charge is 0.316 e. The van der Waals surface area contributed by atoms with E-state index >= 15 is 0 Å². The van der Waals surface area contributed by atoms with Crippen LogP contribution in [0.1, 0.15) is 12.7 Å². The van der Waals surface area contributed by atoms with Crippen molar-refractivity contribution in [3.8, 4) is 0 Å². The highest BCUT2D eigenvalue weighted by atomic mass is 32.2. The number of thioether (sulfide) groups is 1. The van der Waals surface area contributed by atoms with Gasteiger partial charge in [-0.05, 0) is 13.8 Å². The maximum Gasteiger partial charge on any atom is 0.316 e. The summed E-state index contributed by atoms with van der Waals surface area (Å²) in [6.45, 7) is 3.36. The van der Waals surface area contributed by atoms with Crippen LogP contribution in [0.4, 0.5) is 0 Å². The van der Waals surface area contributed by atoms with Gasteiger partial charge in [-0.2, -0.15) is 0 Å². The van der Waals surface area contributed by atoms with Gasteiger partial charge in [0, 0.05) is 0 Å². The van der Waals surface area contributed by atoms with Crippen molar-refractivity contribution in [3.63, 3.8) is 0 Å². The van der Waals surface area contributed by atoms with Gasteiger partial charge in [-0.25, -0.2) is 4.98 Å². The molecular weight excluding hydrogens is 178 g/mol. The SMILES string of the molecule is Cc1nc(SC(C)C(=O)O)n[nH]1. The number of nitrogens with one attached hydrogen (secondary N) is 1. The van der Waals surface area contributed by atoms with Crippen LogP contribution in [0, 0.1) is 6.92 Å². The fraction of sp³-hybridized carbons (Fsp3) is 0.500. The van der Waals surface area contributed by atoms with E-state index in [0.717, 1.165) is 11.8 Å². The Morgan fingerprint density at radius 1 is 1.75 bits per heavy atom. The minimum Gasteiger partial charge on any atom is -0.480 e. The summed E-state index contributed by atoms with van der Waals surface area (Å²) in [5.74, 6) is -0.169. The molecule has 0 aromatic carbocycles. The zero-order valence-corrected chi connectivity index (χ0v) is 7.55. The fourth-order valence-electron chi connectivity index (χ4n) is 0.583. The number of hydrogen-bond donors (Lipinski definition) is 2. The second-order valence-corrected chi connectivity index (χ2v) is 3.61. The molecular formula is C6H9N3O2S. The van der Waals surface area contributed by atoms with Crippen LogP contribution in [0.3, 0.4) is 0 Å². The Kier molecular flexibility index (Phi) is 2.69. The van der Waals surface area contributed by atoms with Crippen molar-refractivity contribution in [2.75, 3.05) is 0 Å². The lowest BCUT2D eigenvalue weighted by Gasteiger charge is -1.99. The molecule has 5 nitrogen and oxygen atoms in total. The molecule has 0 saturated carbocycles. The van der Waals surface area contributed by atoms with Crippen molar-refractivity contribution in [3.05, 3.63) is 5.82 Å². The van der Waals surface area contributed by atoms with E-state index in [9.17, 15) is 4.79 Å². The summed E-state index contributed by atoms with van der Waals surface area (Å²) >= 11 is 1.12. The number of nitrogens with zero attached hydrogens (tertiary/aromatic N) is 2. The highest BCUT2D eigenvalue weighted by Crippen LogP contribution is 2.18. The van der Waals surface area contributed by atoms with E-state index < -0.39 is 11.2 Å². The summed E-state index contributed by atoms with van der Waals surface area (Å²) in [6, 6.07) is 0. The molecule has 0 bridgehead atoms. The van der Waals surface area contributed by atoms with Crippen molar-refractivity contribution in [1.29, 1.82) is 0 Å². The molecule has 1 aromatic heterocycles. The molecule has 2 N–H and O–H groups in total. The number of aromatic nitrogens is 3. The van der Waals surface area contributed by atoms with Crippen molar-refractivity contribution in [1.82, 2.24) is 15.2 Å². The van der Waals surface area contributed by atoms with E-state index in [2.05, 4.69) is 15.2 Å². The second-order valence-electron chi connectivity index (χ2n) is 2.30. The number of carbonyl (C=O) groups is 1. The first-order valence-corrected chi connectivity index (χ1v) is 4.26. The van der Waals surface area contributed by atoms with Crippen LogP contribution in [0.5, 0.6) is 0 Å². The van der Waals surface area contributed by atoms with Crippen molar-refractivity contribution in [2.45, 2.75) is 24.3 Å².